The highest BCUT2D eigenvalue weighted by Crippen LogP contribution is 2.63. The van der Waals surface area contributed by atoms with Crippen LogP contribution in [0, 0.1) is 40.9 Å². The van der Waals surface area contributed by atoms with Crippen LogP contribution in [0.4, 0.5) is 0 Å². The zero-order valence-electron chi connectivity index (χ0n) is 15.4. The van der Waals surface area contributed by atoms with Crippen molar-refractivity contribution in [2.75, 3.05) is 6.61 Å². The van der Waals surface area contributed by atoms with Gasteiger partial charge in [0.2, 0.25) is 0 Å². The molecular formula is C21H36O2. The molecule has 3 aliphatic carbocycles. The molecule has 2 heteroatoms. The minimum absolute atomic E-state index is 0.272. The topological polar surface area (TPSA) is 37.3 Å². The third kappa shape index (κ3) is 2.90. The lowest BCUT2D eigenvalue weighted by Gasteiger charge is -2.54. The Labute approximate surface area is 142 Å². The van der Waals surface area contributed by atoms with E-state index in [4.69, 9.17) is 0 Å². The number of ketones is 1. The number of Topliss-reactive ketones (excluding diaryl/α,β-unsaturated/α-hetero) is 1. The van der Waals surface area contributed by atoms with E-state index in [-0.39, 0.29) is 5.41 Å². The first-order valence-corrected chi connectivity index (χ1v) is 10.1. The van der Waals surface area contributed by atoms with Crippen molar-refractivity contribution in [1.82, 2.24) is 0 Å². The first-order chi connectivity index (χ1) is 11.0. The van der Waals surface area contributed by atoms with Crippen molar-refractivity contribution in [3.63, 3.8) is 0 Å². The van der Waals surface area contributed by atoms with E-state index in [2.05, 4.69) is 13.8 Å². The standard InChI is InChI=1S/C21H36O2/c1-4-5-15-6-7-18-17(16(15)11-13-22)10-12-21(3)19(14(2)23)8-9-20(18)21/h15-20,22H,4-13H2,1-3H3. The molecule has 132 valence electrons. The van der Waals surface area contributed by atoms with Gasteiger partial charge in [-0.3, -0.25) is 4.79 Å². The molecule has 7 atom stereocenters. The number of fused-ring (bicyclic) bond motifs is 3. The van der Waals surface area contributed by atoms with E-state index in [1.54, 1.807) is 0 Å². The monoisotopic (exact) mass is 320 g/mol. The Morgan fingerprint density at radius 1 is 1.09 bits per heavy atom. The smallest absolute Gasteiger partial charge is 0.133 e. The minimum atomic E-state index is 0.272. The fraction of sp³-hybridized carbons (Fsp3) is 0.952. The summed E-state index contributed by atoms with van der Waals surface area (Å²) in [5.41, 5.74) is 0.272. The van der Waals surface area contributed by atoms with Crippen LogP contribution < -0.4 is 0 Å². The molecule has 3 aliphatic rings. The number of carbonyl (C=O) groups is 1. The van der Waals surface area contributed by atoms with Crippen molar-refractivity contribution < 1.29 is 9.90 Å². The van der Waals surface area contributed by atoms with Crippen LogP contribution in [-0.2, 0) is 4.79 Å². The van der Waals surface area contributed by atoms with Crippen LogP contribution in [0.15, 0.2) is 0 Å². The van der Waals surface area contributed by atoms with Gasteiger partial charge in [-0.15, -0.1) is 0 Å². The molecule has 3 saturated carbocycles. The second-order valence-corrected chi connectivity index (χ2v) is 9.02. The maximum Gasteiger partial charge on any atom is 0.133 e. The Morgan fingerprint density at radius 3 is 2.52 bits per heavy atom. The second kappa shape index (κ2) is 6.86. The Balaban J connectivity index is 1.81. The average molecular weight is 321 g/mol. The molecule has 0 amide bonds. The van der Waals surface area contributed by atoms with Gasteiger partial charge in [0.1, 0.15) is 5.78 Å². The largest absolute Gasteiger partial charge is 0.396 e. The number of aliphatic hydroxyl groups excluding tert-OH is 1. The van der Waals surface area contributed by atoms with Gasteiger partial charge in [0.25, 0.3) is 0 Å². The van der Waals surface area contributed by atoms with Gasteiger partial charge in [0, 0.05) is 12.5 Å². The molecule has 0 saturated heterocycles. The third-order valence-corrected chi connectivity index (χ3v) is 8.13. The van der Waals surface area contributed by atoms with Gasteiger partial charge >= 0.3 is 0 Å². The van der Waals surface area contributed by atoms with Gasteiger partial charge in [-0.1, -0.05) is 26.7 Å². The van der Waals surface area contributed by atoms with E-state index in [0.717, 1.165) is 42.4 Å². The summed E-state index contributed by atoms with van der Waals surface area (Å²) in [5, 5.41) is 9.60. The SMILES string of the molecule is CCCC1CCC2C(CCC3(C)C(C(C)=O)CCC23)C1CCO. The van der Waals surface area contributed by atoms with E-state index in [0.29, 0.717) is 18.3 Å². The van der Waals surface area contributed by atoms with Crippen LogP contribution in [0.1, 0.15) is 78.6 Å². The lowest BCUT2D eigenvalue weighted by atomic mass is 9.50. The molecule has 7 unspecified atom stereocenters. The third-order valence-electron chi connectivity index (χ3n) is 8.13. The molecule has 3 rings (SSSR count). The van der Waals surface area contributed by atoms with Crippen LogP contribution in [0.25, 0.3) is 0 Å². The van der Waals surface area contributed by atoms with Crippen LogP contribution in [0.5, 0.6) is 0 Å². The number of rotatable bonds is 5. The minimum Gasteiger partial charge on any atom is -0.396 e. The van der Waals surface area contributed by atoms with Gasteiger partial charge in [-0.2, -0.15) is 0 Å². The molecule has 0 heterocycles. The summed E-state index contributed by atoms with van der Waals surface area (Å²) in [6.07, 6.45) is 11.3. The first-order valence-electron chi connectivity index (χ1n) is 10.1. The predicted octanol–water partition coefficient (Wildman–Crippen LogP) is 4.84. The molecule has 23 heavy (non-hydrogen) atoms. The molecular weight excluding hydrogens is 284 g/mol. The summed E-state index contributed by atoms with van der Waals surface area (Å²) in [7, 11) is 0. The number of hydrogen-bond donors (Lipinski definition) is 1. The van der Waals surface area contributed by atoms with Crippen molar-refractivity contribution >= 4 is 5.78 Å². The Hall–Kier alpha value is -0.370. The summed E-state index contributed by atoms with van der Waals surface area (Å²) in [6, 6.07) is 0. The lowest BCUT2D eigenvalue weighted by Crippen LogP contribution is -2.48. The molecule has 3 fully saturated rings. The lowest BCUT2D eigenvalue weighted by molar-refractivity contribution is -0.127. The fourth-order valence-corrected chi connectivity index (χ4v) is 7.23. The van der Waals surface area contributed by atoms with Gasteiger partial charge in [-0.25, -0.2) is 0 Å². The summed E-state index contributed by atoms with van der Waals surface area (Å²) in [6.45, 7) is 6.89. The molecule has 0 aromatic rings. The normalized spacial score (nSPS) is 46.3. The van der Waals surface area contributed by atoms with Crippen molar-refractivity contribution in [2.24, 2.45) is 40.9 Å². The van der Waals surface area contributed by atoms with Crippen LogP contribution in [0.3, 0.4) is 0 Å². The number of aliphatic hydroxyl groups is 1. The molecule has 0 aromatic carbocycles. The molecule has 0 spiro atoms. The zero-order chi connectivity index (χ0) is 16.6. The van der Waals surface area contributed by atoms with E-state index < -0.39 is 0 Å². The van der Waals surface area contributed by atoms with Crippen molar-refractivity contribution in [1.29, 1.82) is 0 Å². The van der Waals surface area contributed by atoms with E-state index in [1.807, 2.05) is 6.92 Å². The highest BCUT2D eigenvalue weighted by atomic mass is 16.3. The Kier molecular flexibility index (Phi) is 5.21. The molecule has 0 radical (unpaired) electrons. The number of carbonyl (C=O) groups excluding carboxylic acids is 1. The van der Waals surface area contributed by atoms with Crippen molar-refractivity contribution in [2.45, 2.75) is 78.6 Å². The van der Waals surface area contributed by atoms with Crippen molar-refractivity contribution in [3.05, 3.63) is 0 Å². The van der Waals surface area contributed by atoms with Gasteiger partial charge < -0.3 is 5.11 Å². The van der Waals surface area contributed by atoms with Gasteiger partial charge in [-0.05, 0) is 86.9 Å². The first kappa shape index (κ1) is 17.5. The Bertz CT molecular complexity index is 432. The number of hydrogen-bond acceptors (Lipinski definition) is 2. The molecule has 0 aliphatic heterocycles. The van der Waals surface area contributed by atoms with Crippen LogP contribution >= 0.6 is 0 Å². The fourth-order valence-electron chi connectivity index (χ4n) is 7.23. The molecule has 2 nitrogen and oxygen atoms in total. The van der Waals surface area contributed by atoms with Gasteiger partial charge in [0.15, 0.2) is 0 Å². The average Bonchev–Trinajstić information content (AvgIpc) is 2.87. The molecule has 1 N–H and O–H groups in total. The van der Waals surface area contributed by atoms with Gasteiger partial charge in [0.05, 0.1) is 0 Å². The highest BCUT2D eigenvalue weighted by Gasteiger charge is 2.57. The summed E-state index contributed by atoms with van der Waals surface area (Å²) in [4.78, 5) is 12.1. The maximum absolute atomic E-state index is 12.1. The van der Waals surface area contributed by atoms with Crippen LogP contribution in [-0.4, -0.2) is 17.5 Å². The zero-order valence-corrected chi connectivity index (χ0v) is 15.4. The van der Waals surface area contributed by atoms with Crippen LogP contribution in [0.2, 0.25) is 0 Å². The summed E-state index contributed by atoms with van der Waals surface area (Å²) < 4.78 is 0. The Morgan fingerprint density at radius 2 is 1.87 bits per heavy atom. The molecule has 0 bridgehead atoms. The van der Waals surface area contributed by atoms with E-state index in [9.17, 15) is 9.90 Å². The highest BCUT2D eigenvalue weighted by molar-refractivity contribution is 5.79. The predicted molar refractivity (Wildman–Crippen MR) is 94.0 cm³/mol. The molecule has 0 aromatic heterocycles. The van der Waals surface area contributed by atoms with E-state index in [1.165, 1.54) is 44.9 Å². The maximum atomic E-state index is 12.1. The summed E-state index contributed by atoms with van der Waals surface area (Å²) in [5.74, 6) is 4.72. The quantitative estimate of drug-likeness (QED) is 0.787. The summed E-state index contributed by atoms with van der Waals surface area (Å²) >= 11 is 0. The second-order valence-electron chi connectivity index (χ2n) is 9.02. The van der Waals surface area contributed by atoms with Crippen molar-refractivity contribution in [3.8, 4) is 0 Å². The van der Waals surface area contributed by atoms with E-state index >= 15 is 0 Å².